The van der Waals surface area contributed by atoms with Crippen molar-refractivity contribution in [3.63, 3.8) is 0 Å². The predicted molar refractivity (Wildman–Crippen MR) is 97.4 cm³/mol. The van der Waals surface area contributed by atoms with Crippen LogP contribution in [0.3, 0.4) is 0 Å². The molecule has 3 rings (SSSR count). The Morgan fingerprint density at radius 1 is 1.33 bits per heavy atom. The topological polar surface area (TPSA) is 55.0 Å². The summed E-state index contributed by atoms with van der Waals surface area (Å²) in [6.45, 7) is 4.58. The molecule has 24 heavy (non-hydrogen) atoms. The van der Waals surface area contributed by atoms with E-state index in [4.69, 9.17) is 4.74 Å². The van der Waals surface area contributed by atoms with Crippen molar-refractivity contribution in [2.24, 2.45) is 0 Å². The third-order valence-electron chi connectivity index (χ3n) is 3.35. The zero-order valence-corrected chi connectivity index (χ0v) is 15.0. The van der Waals surface area contributed by atoms with Gasteiger partial charge < -0.3 is 9.72 Å². The number of ether oxygens (including phenoxy) is 1. The molecule has 4 nitrogen and oxygen atoms in total. The van der Waals surface area contributed by atoms with Gasteiger partial charge in [-0.1, -0.05) is 23.9 Å². The number of hydrogen-bond donors (Lipinski definition) is 1. The van der Waals surface area contributed by atoms with Crippen LogP contribution in [0.1, 0.15) is 13.8 Å². The number of aromatic nitrogens is 2. The van der Waals surface area contributed by atoms with Crippen LogP contribution in [-0.4, -0.2) is 28.4 Å². The lowest BCUT2D eigenvalue weighted by molar-refractivity contribution is 0.0920. The summed E-state index contributed by atoms with van der Waals surface area (Å²) in [7, 11) is 0. The minimum atomic E-state index is -0.298. The highest BCUT2D eigenvalue weighted by molar-refractivity contribution is 7.99. The number of rotatable bonds is 6. The Kier molecular flexibility index (Phi) is 5.33. The van der Waals surface area contributed by atoms with Gasteiger partial charge in [0.15, 0.2) is 5.16 Å². The second kappa shape index (κ2) is 7.46. The van der Waals surface area contributed by atoms with E-state index in [2.05, 4.69) is 9.97 Å². The van der Waals surface area contributed by atoms with Gasteiger partial charge in [-0.25, -0.2) is 9.37 Å². The number of H-pyrrole nitrogens is 1. The van der Waals surface area contributed by atoms with Crippen LogP contribution in [0.5, 0.6) is 0 Å². The first kappa shape index (κ1) is 17.1. The predicted octanol–water partition coefficient (Wildman–Crippen LogP) is 4.31. The fourth-order valence-electron chi connectivity index (χ4n) is 2.26. The van der Waals surface area contributed by atoms with Crippen molar-refractivity contribution in [1.29, 1.82) is 0 Å². The number of hydrogen-bond acceptors (Lipinski definition) is 5. The van der Waals surface area contributed by atoms with E-state index in [9.17, 15) is 9.18 Å². The van der Waals surface area contributed by atoms with Crippen LogP contribution in [0.4, 0.5) is 4.39 Å². The van der Waals surface area contributed by atoms with Gasteiger partial charge in [-0.2, -0.15) is 0 Å². The van der Waals surface area contributed by atoms with Gasteiger partial charge in [-0.05, 0) is 31.5 Å². The third-order valence-corrected chi connectivity index (χ3v) is 5.06. The molecule has 0 saturated carbocycles. The van der Waals surface area contributed by atoms with Gasteiger partial charge in [-0.3, -0.25) is 4.79 Å². The first-order chi connectivity index (χ1) is 11.5. The number of nitrogens with zero attached hydrogens (tertiary/aromatic N) is 1. The Hall–Kier alpha value is -1.70. The molecule has 0 aliphatic heterocycles. The van der Waals surface area contributed by atoms with Crippen LogP contribution in [0.2, 0.25) is 0 Å². The number of benzene rings is 1. The molecule has 0 saturated heterocycles. The average Bonchev–Trinajstić information content (AvgIpc) is 2.97. The summed E-state index contributed by atoms with van der Waals surface area (Å²) in [4.78, 5) is 20.5. The minimum absolute atomic E-state index is 0.173. The summed E-state index contributed by atoms with van der Waals surface area (Å²) in [6.07, 6.45) is 0.190. The molecule has 126 valence electrons. The minimum Gasteiger partial charge on any atom is -0.378 e. The first-order valence-electron chi connectivity index (χ1n) is 7.56. The maximum Gasteiger partial charge on any atom is 0.260 e. The molecule has 2 aromatic heterocycles. The van der Waals surface area contributed by atoms with Crippen molar-refractivity contribution in [3.05, 3.63) is 45.8 Å². The Bertz CT molecular complexity index is 888. The number of thioether (sulfide) groups is 1. The van der Waals surface area contributed by atoms with E-state index in [-0.39, 0.29) is 17.5 Å². The fraction of sp³-hybridized carbons (Fsp3) is 0.294. The molecule has 0 amide bonds. The Balaban J connectivity index is 1.86. The van der Waals surface area contributed by atoms with Crippen LogP contribution >= 0.6 is 23.1 Å². The van der Waals surface area contributed by atoms with Gasteiger partial charge >= 0.3 is 0 Å². The van der Waals surface area contributed by atoms with E-state index < -0.39 is 0 Å². The molecule has 0 atom stereocenters. The molecule has 0 fully saturated rings. The van der Waals surface area contributed by atoms with E-state index in [1.165, 1.54) is 35.2 Å². The van der Waals surface area contributed by atoms with Crippen molar-refractivity contribution < 1.29 is 9.13 Å². The summed E-state index contributed by atoms with van der Waals surface area (Å²) in [5.41, 5.74) is 1.41. The van der Waals surface area contributed by atoms with E-state index in [0.29, 0.717) is 22.0 Å². The number of fused-ring (bicyclic) bond motifs is 1. The highest BCUT2D eigenvalue weighted by Crippen LogP contribution is 2.31. The molecule has 0 aliphatic rings. The standard InChI is InChI=1S/C17H17FN2O2S2/c1-10(2)22-7-8-23-17-19-15(21)14-13(9-24-16(14)20-17)11-3-5-12(18)6-4-11/h3-6,9-10H,7-8H2,1-2H3,(H,19,20,21). The summed E-state index contributed by atoms with van der Waals surface area (Å²) >= 11 is 2.88. The molecule has 0 spiro atoms. The molecule has 2 heterocycles. The van der Waals surface area contributed by atoms with Crippen LogP contribution in [0.15, 0.2) is 39.6 Å². The summed E-state index contributed by atoms with van der Waals surface area (Å²) in [5, 5.41) is 3.03. The lowest BCUT2D eigenvalue weighted by atomic mass is 10.1. The van der Waals surface area contributed by atoms with E-state index in [1.807, 2.05) is 19.2 Å². The van der Waals surface area contributed by atoms with Crippen LogP contribution < -0.4 is 5.56 Å². The molecular formula is C17H17FN2O2S2. The smallest absolute Gasteiger partial charge is 0.260 e. The molecule has 0 radical (unpaired) electrons. The van der Waals surface area contributed by atoms with Crippen LogP contribution in [0.25, 0.3) is 21.3 Å². The van der Waals surface area contributed by atoms with Crippen molar-refractivity contribution in [1.82, 2.24) is 9.97 Å². The highest BCUT2D eigenvalue weighted by Gasteiger charge is 2.13. The quantitative estimate of drug-likeness (QED) is 0.402. The van der Waals surface area contributed by atoms with Crippen LogP contribution in [0, 0.1) is 5.82 Å². The van der Waals surface area contributed by atoms with Crippen LogP contribution in [-0.2, 0) is 4.74 Å². The van der Waals surface area contributed by atoms with Gasteiger partial charge in [0.1, 0.15) is 10.6 Å². The summed E-state index contributed by atoms with van der Waals surface area (Å²) < 4.78 is 18.6. The Morgan fingerprint density at radius 2 is 2.08 bits per heavy atom. The fourth-order valence-corrected chi connectivity index (χ4v) is 3.96. The largest absolute Gasteiger partial charge is 0.378 e. The summed E-state index contributed by atoms with van der Waals surface area (Å²) in [5.74, 6) is 0.427. The van der Waals surface area contributed by atoms with E-state index in [1.54, 1.807) is 12.1 Å². The lowest BCUT2D eigenvalue weighted by Gasteiger charge is -2.06. The van der Waals surface area contributed by atoms with Gasteiger partial charge in [0.05, 0.1) is 18.1 Å². The average molecular weight is 364 g/mol. The van der Waals surface area contributed by atoms with Crippen molar-refractivity contribution in [3.8, 4) is 11.1 Å². The van der Waals surface area contributed by atoms with Crippen molar-refractivity contribution in [2.45, 2.75) is 25.1 Å². The number of aromatic amines is 1. The molecule has 0 aliphatic carbocycles. The maximum absolute atomic E-state index is 13.1. The molecule has 0 unspecified atom stereocenters. The summed E-state index contributed by atoms with van der Waals surface area (Å²) in [6, 6.07) is 6.11. The number of halogens is 1. The van der Waals surface area contributed by atoms with Gasteiger partial charge in [0, 0.05) is 16.7 Å². The Labute approximate surface area is 147 Å². The SMILES string of the molecule is CC(C)OCCSc1nc2scc(-c3ccc(F)cc3)c2c(=O)[nH]1. The molecular weight excluding hydrogens is 347 g/mol. The third kappa shape index (κ3) is 3.85. The second-order valence-electron chi connectivity index (χ2n) is 5.48. The molecule has 3 aromatic rings. The molecule has 1 aromatic carbocycles. The van der Waals surface area contributed by atoms with Gasteiger partial charge in [-0.15, -0.1) is 11.3 Å². The normalized spacial score (nSPS) is 11.5. The zero-order chi connectivity index (χ0) is 17.1. The molecule has 7 heteroatoms. The molecule has 0 bridgehead atoms. The lowest BCUT2D eigenvalue weighted by Crippen LogP contribution is -2.10. The van der Waals surface area contributed by atoms with Crippen molar-refractivity contribution >= 4 is 33.3 Å². The highest BCUT2D eigenvalue weighted by atomic mass is 32.2. The number of thiophene rings is 1. The van der Waals surface area contributed by atoms with Gasteiger partial charge in [0.25, 0.3) is 5.56 Å². The maximum atomic E-state index is 13.1. The number of nitrogens with one attached hydrogen (secondary N) is 1. The van der Waals surface area contributed by atoms with E-state index in [0.717, 1.165) is 16.9 Å². The second-order valence-corrected chi connectivity index (χ2v) is 7.42. The van der Waals surface area contributed by atoms with Crippen molar-refractivity contribution in [2.75, 3.05) is 12.4 Å². The first-order valence-corrected chi connectivity index (χ1v) is 9.43. The van der Waals surface area contributed by atoms with E-state index >= 15 is 0 Å². The Morgan fingerprint density at radius 3 is 2.79 bits per heavy atom. The monoisotopic (exact) mass is 364 g/mol. The van der Waals surface area contributed by atoms with Gasteiger partial charge in [0.2, 0.25) is 0 Å². The molecule has 1 N–H and O–H groups in total. The zero-order valence-electron chi connectivity index (χ0n) is 13.3.